The molecule has 2 N–H and O–H groups in total. The van der Waals surface area contributed by atoms with Crippen LogP contribution in [-0.2, 0) is 38.6 Å². The highest BCUT2D eigenvalue weighted by molar-refractivity contribution is 7.92. The molecule has 20 nitrogen and oxygen atoms in total. The van der Waals surface area contributed by atoms with Crippen LogP contribution in [0.4, 0.5) is 23.5 Å². The van der Waals surface area contributed by atoms with Gasteiger partial charge in [0.05, 0.1) is 60.6 Å². The lowest BCUT2D eigenvalue weighted by Gasteiger charge is -2.41. The molecule has 8 heterocycles. The van der Waals surface area contributed by atoms with E-state index in [1.807, 2.05) is 59.4 Å². The van der Waals surface area contributed by atoms with Gasteiger partial charge < -0.3 is 39.4 Å². The molecule has 2 saturated heterocycles. The number of anilines is 4. The van der Waals surface area contributed by atoms with Crippen molar-refractivity contribution in [2.45, 2.75) is 61.1 Å². The smallest absolute Gasteiger partial charge is 0.239 e. The quantitative estimate of drug-likeness (QED) is 0.223. The highest BCUT2D eigenvalue weighted by Crippen LogP contribution is 2.58. The molecule has 0 amide bonds. The molecule has 4 aliphatic heterocycles. The number of aromatic nitrogens is 8. The summed E-state index contributed by atoms with van der Waals surface area (Å²) in [5, 5.41) is 6.26. The molecule has 2 aromatic carbocycles. The third-order valence-electron chi connectivity index (χ3n) is 13.7. The molecule has 0 bridgehead atoms. The van der Waals surface area contributed by atoms with Crippen LogP contribution in [0.1, 0.15) is 48.2 Å². The number of imidazole rings is 2. The first-order chi connectivity index (χ1) is 31.6. The van der Waals surface area contributed by atoms with Crippen LogP contribution in [-0.4, -0.2) is 147 Å². The normalized spacial score (nSPS) is 21.3. The van der Waals surface area contributed by atoms with Gasteiger partial charge in [-0.3, -0.25) is 0 Å². The van der Waals surface area contributed by atoms with Crippen molar-refractivity contribution in [2.24, 2.45) is 0 Å². The van der Waals surface area contributed by atoms with E-state index in [2.05, 4.69) is 25.4 Å². The van der Waals surface area contributed by atoms with Gasteiger partial charge in [-0.25, -0.2) is 45.9 Å². The SMILES string of the molecule is CNc1nc2cc(C)ccc2n1-c1nc2c(c(C3(S(C)(=O)=O)CC3)n1)OC[C@@H]1COCCN21.CNc1nc2ccc(C)cc2n1-c1nc2c(c(C3(S(C)(=O)=O)CC3)n1)OC[C@@H]1COCCN21. The van der Waals surface area contributed by atoms with E-state index in [0.29, 0.717) is 137 Å². The largest absolute Gasteiger partial charge is 0.486 e. The number of fused-ring (bicyclic) bond motifs is 8. The van der Waals surface area contributed by atoms with Gasteiger partial charge in [-0.15, -0.1) is 0 Å². The number of morpholine rings is 2. The number of ether oxygens (including phenoxy) is 4. The summed E-state index contributed by atoms with van der Waals surface area (Å²) in [4.78, 5) is 33.3. The monoisotopic (exact) mass is 940 g/mol. The standard InChI is InChI=1S/2C22H26N6O4S/c1-13-4-5-16-15(10-13)24-20(23-2)28(16)21-25-18(22(6-7-22)33(3,29)30)17-19(26-21)27-8-9-31-11-14(27)12-32-17;1-13-4-5-15-16(10-13)28(20(23-2)24-15)21-25-18(22(6-7-22)33(3,29)30)17-19(26-21)27-8-9-31-11-14(27)12-32-17/h2*4-5,10,14H,6-9,11-12H2,1-3H3,(H,23,24)/t2*14-/m00/s1. The number of sulfone groups is 2. The lowest BCUT2D eigenvalue weighted by atomic mass is 10.1. The molecule has 4 aromatic heterocycles. The summed E-state index contributed by atoms with van der Waals surface area (Å²) in [7, 11) is -3.23. The Kier molecular flexibility index (Phi) is 9.95. The van der Waals surface area contributed by atoms with Gasteiger partial charge in [0, 0.05) is 39.7 Å². The van der Waals surface area contributed by atoms with Crippen molar-refractivity contribution in [1.82, 2.24) is 39.0 Å². The Hall–Kier alpha value is -5.84. The van der Waals surface area contributed by atoms with Gasteiger partial charge in [0.1, 0.15) is 34.1 Å². The van der Waals surface area contributed by atoms with E-state index < -0.39 is 29.2 Å². The molecule has 2 saturated carbocycles. The fourth-order valence-electron chi connectivity index (χ4n) is 9.74. The van der Waals surface area contributed by atoms with E-state index in [0.717, 1.165) is 33.2 Å². The van der Waals surface area contributed by atoms with Crippen molar-refractivity contribution in [3.63, 3.8) is 0 Å². The van der Waals surface area contributed by atoms with Gasteiger partial charge in [-0.1, -0.05) is 12.1 Å². The fraction of sp³-hybridized carbons (Fsp3) is 0.500. The van der Waals surface area contributed by atoms with Crippen molar-refractivity contribution in [1.29, 1.82) is 0 Å². The minimum absolute atomic E-state index is 0.0285. The van der Waals surface area contributed by atoms with Crippen LogP contribution in [0.15, 0.2) is 36.4 Å². The molecule has 0 spiro atoms. The minimum atomic E-state index is -3.41. The minimum Gasteiger partial charge on any atom is -0.486 e. The van der Waals surface area contributed by atoms with E-state index in [4.69, 9.17) is 43.9 Å². The lowest BCUT2D eigenvalue weighted by molar-refractivity contribution is 0.0691. The van der Waals surface area contributed by atoms with Gasteiger partial charge in [0.2, 0.25) is 23.8 Å². The average Bonchev–Trinajstić information content (AvgIpc) is 4.23. The molecular weight excluding hydrogens is 889 g/mol. The Morgan fingerprint density at radius 3 is 1.55 bits per heavy atom. The van der Waals surface area contributed by atoms with E-state index in [9.17, 15) is 16.8 Å². The summed E-state index contributed by atoms with van der Waals surface area (Å²) in [5.74, 6) is 4.14. The molecule has 6 aliphatic rings. The Balaban J connectivity index is 0.000000146. The zero-order valence-corrected chi connectivity index (χ0v) is 39.3. The molecule has 66 heavy (non-hydrogen) atoms. The summed E-state index contributed by atoms with van der Waals surface area (Å²) < 4.78 is 76.7. The average molecular weight is 941 g/mol. The molecule has 0 radical (unpaired) electrons. The molecular formula is C44H52N12O8S2. The van der Waals surface area contributed by atoms with Crippen molar-refractivity contribution < 1.29 is 35.8 Å². The van der Waals surface area contributed by atoms with Crippen LogP contribution < -0.4 is 29.9 Å². The summed E-state index contributed by atoms with van der Waals surface area (Å²) in [6.45, 7) is 8.42. The van der Waals surface area contributed by atoms with E-state index >= 15 is 0 Å². The van der Waals surface area contributed by atoms with Crippen molar-refractivity contribution in [3.8, 4) is 23.4 Å². The van der Waals surface area contributed by atoms with Crippen LogP contribution in [0.5, 0.6) is 11.5 Å². The topological polar surface area (TPSA) is 223 Å². The number of nitrogens with zero attached hydrogens (tertiary/aromatic N) is 10. The molecule has 12 rings (SSSR count). The number of benzene rings is 2. The second-order valence-corrected chi connectivity index (χ2v) is 22.7. The van der Waals surface area contributed by atoms with Crippen molar-refractivity contribution in [3.05, 3.63) is 58.9 Å². The Morgan fingerprint density at radius 1 is 0.591 bits per heavy atom. The second kappa shape index (κ2) is 15.4. The molecule has 4 fully saturated rings. The van der Waals surface area contributed by atoms with Crippen molar-refractivity contribution >= 4 is 65.3 Å². The Morgan fingerprint density at radius 2 is 1.06 bits per heavy atom. The van der Waals surface area contributed by atoms with Gasteiger partial charge in [0.25, 0.3) is 0 Å². The van der Waals surface area contributed by atoms with Gasteiger partial charge in [-0.2, -0.15) is 9.97 Å². The number of rotatable bonds is 8. The maximum absolute atomic E-state index is 12.9. The zero-order valence-electron chi connectivity index (χ0n) is 37.7. The number of hydrogen-bond donors (Lipinski definition) is 2. The Bertz CT molecular complexity index is 3180. The van der Waals surface area contributed by atoms with Crippen LogP contribution in [0.25, 0.3) is 34.0 Å². The lowest BCUT2D eigenvalue weighted by Crippen LogP contribution is -2.52. The maximum atomic E-state index is 12.9. The molecule has 2 aliphatic carbocycles. The summed E-state index contributed by atoms with van der Waals surface area (Å²) in [6.07, 6.45) is 4.65. The van der Waals surface area contributed by atoms with Gasteiger partial charge >= 0.3 is 0 Å². The molecule has 348 valence electrons. The third kappa shape index (κ3) is 6.72. The second-order valence-electron chi connectivity index (χ2n) is 18.1. The molecule has 22 heteroatoms. The fourth-order valence-corrected chi connectivity index (χ4v) is 12.4. The predicted molar refractivity (Wildman–Crippen MR) is 248 cm³/mol. The van der Waals surface area contributed by atoms with E-state index in [-0.39, 0.29) is 12.1 Å². The first-order valence-corrected chi connectivity index (χ1v) is 26.0. The first-order valence-electron chi connectivity index (χ1n) is 22.2. The summed E-state index contributed by atoms with van der Waals surface area (Å²) in [5.41, 5.74) is 6.39. The molecule has 0 unspecified atom stereocenters. The number of aryl methyl sites for hydroxylation is 2. The number of nitrogens with one attached hydrogen (secondary N) is 2. The highest BCUT2D eigenvalue weighted by Gasteiger charge is 2.59. The van der Waals surface area contributed by atoms with Crippen molar-refractivity contribution in [2.75, 3.05) is 99.8 Å². The first kappa shape index (κ1) is 42.8. The number of hydrogen-bond acceptors (Lipinski definition) is 18. The van der Waals surface area contributed by atoms with E-state index in [1.165, 1.54) is 12.5 Å². The Labute approximate surface area is 381 Å². The van der Waals surface area contributed by atoms with Crippen LogP contribution in [0.3, 0.4) is 0 Å². The van der Waals surface area contributed by atoms with Gasteiger partial charge in [0.15, 0.2) is 42.8 Å². The van der Waals surface area contributed by atoms with Gasteiger partial charge in [-0.05, 0) is 74.9 Å². The predicted octanol–water partition coefficient (Wildman–Crippen LogP) is 3.59. The summed E-state index contributed by atoms with van der Waals surface area (Å²) >= 11 is 0. The maximum Gasteiger partial charge on any atom is 0.239 e. The van der Waals surface area contributed by atoms with E-state index in [1.54, 1.807) is 14.1 Å². The highest BCUT2D eigenvalue weighted by atomic mass is 32.2. The molecule has 2 atom stereocenters. The van der Waals surface area contributed by atoms with Crippen LogP contribution in [0, 0.1) is 13.8 Å². The summed E-state index contributed by atoms with van der Waals surface area (Å²) in [6, 6.07) is 12.1. The van der Waals surface area contributed by atoms with Crippen LogP contribution >= 0.6 is 0 Å². The molecule has 6 aromatic rings. The third-order valence-corrected chi connectivity index (χ3v) is 17.7. The van der Waals surface area contributed by atoms with Crippen LogP contribution in [0.2, 0.25) is 0 Å². The zero-order chi connectivity index (χ0) is 45.9.